The minimum Gasteiger partial charge on any atom is -0.463 e. The Kier molecular flexibility index (Phi) is 16.6. The van der Waals surface area contributed by atoms with E-state index in [9.17, 15) is 4.79 Å². The molecule has 0 aliphatic carbocycles. The molecular formula is C15H30O2. The average molecular weight is 242 g/mol. The van der Waals surface area contributed by atoms with E-state index in [1.807, 2.05) is 13.0 Å². The minimum absolute atomic E-state index is 0. The minimum atomic E-state index is -0.217. The normalized spacial score (nSPS) is 10.2. The number of hydrogen-bond acceptors (Lipinski definition) is 2. The van der Waals surface area contributed by atoms with Gasteiger partial charge in [0.1, 0.15) is 0 Å². The van der Waals surface area contributed by atoms with E-state index in [0.717, 1.165) is 6.42 Å². The molecule has 102 valence electrons. The summed E-state index contributed by atoms with van der Waals surface area (Å²) in [6, 6.07) is 0. The zero-order valence-corrected chi connectivity index (χ0v) is 10.8. The first-order chi connectivity index (χ1) is 7.81. The molecular weight excluding hydrogens is 212 g/mol. The second kappa shape index (κ2) is 15.2. The highest BCUT2D eigenvalue weighted by Gasteiger charge is 1.92. The Morgan fingerprint density at radius 2 is 1.59 bits per heavy atom. The summed E-state index contributed by atoms with van der Waals surface area (Å²) in [5, 5.41) is 0. The van der Waals surface area contributed by atoms with E-state index in [4.69, 9.17) is 4.74 Å². The lowest BCUT2D eigenvalue weighted by molar-refractivity contribution is -0.137. The summed E-state index contributed by atoms with van der Waals surface area (Å²) in [5.41, 5.74) is 0. The summed E-state index contributed by atoms with van der Waals surface area (Å²) < 4.78 is 4.79. The third kappa shape index (κ3) is 15.2. The molecule has 0 amide bonds. The largest absolute Gasteiger partial charge is 0.463 e. The van der Waals surface area contributed by atoms with Gasteiger partial charge in [-0.25, -0.2) is 4.79 Å². The number of allylic oxidation sites excluding steroid dienone is 1. The van der Waals surface area contributed by atoms with Crippen LogP contribution in [-0.2, 0) is 9.53 Å². The van der Waals surface area contributed by atoms with Crippen molar-refractivity contribution in [2.24, 2.45) is 0 Å². The number of rotatable bonds is 10. The van der Waals surface area contributed by atoms with Gasteiger partial charge >= 0.3 is 5.97 Å². The van der Waals surface area contributed by atoms with Gasteiger partial charge in [0, 0.05) is 6.08 Å². The van der Waals surface area contributed by atoms with Gasteiger partial charge in [0.25, 0.3) is 0 Å². The molecule has 0 saturated heterocycles. The smallest absolute Gasteiger partial charge is 0.330 e. The SMILES string of the molecule is C.CCCCCCCCCC=CC(=O)OCC. The molecule has 0 fully saturated rings. The van der Waals surface area contributed by atoms with Crippen LogP contribution in [-0.4, -0.2) is 12.6 Å². The number of unbranched alkanes of at least 4 members (excludes halogenated alkanes) is 7. The molecule has 0 aliphatic rings. The maximum atomic E-state index is 10.9. The number of ether oxygens (including phenoxy) is 1. The molecule has 2 nitrogen and oxygen atoms in total. The lowest BCUT2D eigenvalue weighted by atomic mass is 10.1. The van der Waals surface area contributed by atoms with Gasteiger partial charge in [-0.3, -0.25) is 0 Å². The fourth-order valence-corrected chi connectivity index (χ4v) is 1.59. The Bertz CT molecular complexity index is 185. The Labute approximate surface area is 107 Å². The maximum absolute atomic E-state index is 10.9. The van der Waals surface area contributed by atoms with Crippen LogP contribution in [0, 0.1) is 0 Å². The third-order valence-corrected chi connectivity index (χ3v) is 2.51. The number of hydrogen-bond donors (Lipinski definition) is 0. The summed E-state index contributed by atoms with van der Waals surface area (Å²) in [5.74, 6) is -0.217. The zero-order chi connectivity index (χ0) is 12.1. The third-order valence-electron chi connectivity index (χ3n) is 2.51. The van der Waals surface area contributed by atoms with Crippen molar-refractivity contribution in [2.45, 2.75) is 72.6 Å². The molecule has 0 radical (unpaired) electrons. The van der Waals surface area contributed by atoms with Crippen molar-refractivity contribution in [3.8, 4) is 0 Å². The van der Waals surface area contributed by atoms with Crippen molar-refractivity contribution in [1.82, 2.24) is 0 Å². The van der Waals surface area contributed by atoms with Crippen LogP contribution in [0.1, 0.15) is 72.6 Å². The standard InChI is InChI=1S/C14H26O2.CH4/c1-3-5-6-7-8-9-10-11-12-13-14(15)16-4-2;/h12-13H,3-11H2,1-2H3;1H4. The molecule has 0 aromatic heterocycles. The number of carbonyl (C=O) groups is 1. The maximum Gasteiger partial charge on any atom is 0.330 e. The van der Waals surface area contributed by atoms with Crippen molar-refractivity contribution in [3.63, 3.8) is 0 Å². The topological polar surface area (TPSA) is 26.3 Å². The highest BCUT2D eigenvalue weighted by molar-refractivity contribution is 5.81. The highest BCUT2D eigenvalue weighted by atomic mass is 16.5. The first-order valence-corrected chi connectivity index (χ1v) is 6.64. The van der Waals surface area contributed by atoms with Crippen LogP contribution in [0.5, 0.6) is 0 Å². The summed E-state index contributed by atoms with van der Waals surface area (Å²) >= 11 is 0. The summed E-state index contributed by atoms with van der Waals surface area (Å²) in [6.45, 7) is 4.52. The van der Waals surface area contributed by atoms with E-state index in [2.05, 4.69) is 6.92 Å². The van der Waals surface area contributed by atoms with Crippen LogP contribution in [0.2, 0.25) is 0 Å². The monoisotopic (exact) mass is 242 g/mol. The number of esters is 1. The molecule has 0 aliphatic heterocycles. The fraction of sp³-hybridized carbons (Fsp3) is 0.800. The van der Waals surface area contributed by atoms with E-state index in [1.165, 1.54) is 44.9 Å². The van der Waals surface area contributed by atoms with Gasteiger partial charge in [0.05, 0.1) is 6.61 Å². The van der Waals surface area contributed by atoms with Crippen LogP contribution in [0.4, 0.5) is 0 Å². The van der Waals surface area contributed by atoms with Gasteiger partial charge in [-0.05, 0) is 19.8 Å². The van der Waals surface area contributed by atoms with Crippen molar-refractivity contribution in [1.29, 1.82) is 0 Å². The predicted molar refractivity (Wildman–Crippen MR) is 75.1 cm³/mol. The molecule has 0 bridgehead atoms. The lowest BCUT2D eigenvalue weighted by Gasteiger charge is -1.99. The zero-order valence-electron chi connectivity index (χ0n) is 10.8. The van der Waals surface area contributed by atoms with Crippen LogP contribution in [0.15, 0.2) is 12.2 Å². The van der Waals surface area contributed by atoms with E-state index in [1.54, 1.807) is 6.08 Å². The Morgan fingerprint density at radius 3 is 2.18 bits per heavy atom. The molecule has 0 aromatic carbocycles. The van der Waals surface area contributed by atoms with Gasteiger partial charge in [-0.15, -0.1) is 0 Å². The molecule has 0 aromatic rings. The van der Waals surface area contributed by atoms with Crippen molar-refractivity contribution < 1.29 is 9.53 Å². The molecule has 0 heterocycles. The van der Waals surface area contributed by atoms with Crippen LogP contribution in [0.25, 0.3) is 0 Å². The van der Waals surface area contributed by atoms with Crippen LogP contribution < -0.4 is 0 Å². The Balaban J connectivity index is 0. The Hall–Kier alpha value is -0.790. The van der Waals surface area contributed by atoms with Gasteiger partial charge in [0.2, 0.25) is 0 Å². The van der Waals surface area contributed by atoms with E-state index < -0.39 is 0 Å². The van der Waals surface area contributed by atoms with E-state index in [-0.39, 0.29) is 13.4 Å². The second-order valence-corrected chi connectivity index (χ2v) is 4.06. The van der Waals surface area contributed by atoms with Crippen molar-refractivity contribution in [3.05, 3.63) is 12.2 Å². The predicted octanol–water partition coefficient (Wildman–Crippen LogP) is 4.88. The molecule has 17 heavy (non-hydrogen) atoms. The first kappa shape index (κ1) is 18.6. The molecule has 0 N–H and O–H groups in total. The van der Waals surface area contributed by atoms with Gasteiger partial charge in [-0.1, -0.05) is 59.0 Å². The molecule has 0 unspecified atom stereocenters. The lowest BCUT2D eigenvalue weighted by Crippen LogP contribution is -1.98. The van der Waals surface area contributed by atoms with E-state index >= 15 is 0 Å². The fourth-order valence-electron chi connectivity index (χ4n) is 1.59. The molecule has 0 atom stereocenters. The molecule has 2 heteroatoms. The first-order valence-electron chi connectivity index (χ1n) is 6.64. The van der Waals surface area contributed by atoms with Crippen molar-refractivity contribution >= 4 is 5.97 Å². The van der Waals surface area contributed by atoms with Crippen LogP contribution >= 0.6 is 0 Å². The van der Waals surface area contributed by atoms with Gasteiger partial charge < -0.3 is 4.74 Å². The number of carbonyl (C=O) groups excluding carboxylic acids is 1. The average Bonchev–Trinajstić information content (AvgIpc) is 2.27. The second-order valence-electron chi connectivity index (χ2n) is 4.06. The van der Waals surface area contributed by atoms with E-state index in [0.29, 0.717) is 6.61 Å². The van der Waals surface area contributed by atoms with Gasteiger partial charge in [-0.2, -0.15) is 0 Å². The summed E-state index contributed by atoms with van der Waals surface area (Å²) in [6.07, 6.45) is 13.6. The van der Waals surface area contributed by atoms with Crippen LogP contribution in [0.3, 0.4) is 0 Å². The van der Waals surface area contributed by atoms with Crippen molar-refractivity contribution in [2.75, 3.05) is 6.61 Å². The molecule has 0 rings (SSSR count). The summed E-state index contributed by atoms with van der Waals surface area (Å²) in [4.78, 5) is 10.9. The summed E-state index contributed by atoms with van der Waals surface area (Å²) in [7, 11) is 0. The van der Waals surface area contributed by atoms with Gasteiger partial charge in [0.15, 0.2) is 0 Å². The quantitative estimate of drug-likeness (QED) is 0.310. The Morgan fingerprint density at radius 1 is 1.00 bits per heavy atom. The highest BCUT2D eigenvalue weighted by Crippen LogP contribution is 2.08. The molecule has 0 saturated carbocycles. The molecule has 0 spiro atoms.